The molecule has 2 rings (SSSR count). The molecule has 1 saturated heterocycles. The van der Waals surface area contributed by atoms with Gasteiger partial charge in [-0.05, 0) is 44.0 Å². The number of carbonyl (C=O) groups is 1. The normalized spacial score (nSPS) is 17.8. The van der Waals surface area contributed by atoms with Crippen molar-refractivity contribution < 1.29 is 14.3 Å². The largest absolute Gasteiger partial charge is 0.493 e. The van der Waals surface area contributed by atoms with E-state index in [-0.39, 0.29) is 11.9 Å². The Balaban J connectivity index is 2.17. The molecule has 0 aliphatic carbocycles. The molecule has 0 radical (unpaired) electrons. The highest BCUT2D eigenvalue weighted by Gasteiger charge is 2.30. The number of benzene rings is 1. The van der Waals surface area contributed by atoms with Gasteiger partial charge in [-0.1, -0.05) is 11.6 Å². The van der Waals surface area contributed by atoms with Crippen LogP contribution in [-0.2, 0) is 4.74 Å². The van der Waals surface area contributed by atoms with Gasteiger partial charge < -0.3 is 20.1 Å². The van der Waals surface area contributed by atoms with E-state index < -0.39 is 0 Å². The van der Waals surface area contributed by atoms with Gasteiger partial charge in [0.15, 0.2) is 0 Å². The summed E-state index contributed by atoms with van der Waals surface area (Å²) in [5.74, 6) is 0.494. The number of methoxy groups -OCH3 is 1. The fourth-order valence-corrected chi connectivity index (χ4v) is 2.84. The van der Waals surface area contributed by atoms with Crippen molar-refractivity contribution in [2.45, 2.75) is 25.3 Å². The molecule has 6 heteroatoms. The molecule has 5 nitrogen and oxygen atoms in total. The zero-order valence-corrected chi connectivity index (χ0v) is 13.6. The second kappa shape index (κ2) is 8.36. The quantitative estimate of drug-likeness (QED) is 0.781. The van der Waals surface area contributed by atoms with Crippen LogP contribution < -0.4 is 10.5 Å². The van der Waals surface area contributed by atoms with Gasteiger partial charge >= 0.3 is 0 Å². The van der Waals surface area contributed by atoms with Gasteiger partial charge in [-0.2, -0.15) is 0 Å². The fraction of sp³-hybridized carbons (Fsp3) is 0.562. The van der Waals surface area contributed by atoms with Gasteiger partial charge in [-0.25, -0.2) is 0 Å². The maximum absolute atomic E-state index is 12.8. The fourth-order valence-electron chi connectivity index (χ4n) is 2.68. The third kappa shape index (κ3) is 4.12. The predicted molar refractivity (Wildman–Crippen MR) is 86.6 cm³/mol. The molecule has 1 atom stereocenters. The van der Waals surface area contributed by atoms with Gasteiger partial charge in [0.2, 0.25) is 0 Å². The molecule has 0 aromatic heterocycles. The average molecular weight is 327 g/mol. The van der Waals surface area contributed by atoms with E-state index in [2.05, 4.69) is 0 Å². The summed E-state index contributed by atoms with van der Waals surface area (Å²) < 4.78 is 10.9. The molecule has 22 heavy (non-hydrogen) atoms. The Hall–Kier alpha value is -1.30. The summed E-state index contributed by atoms with van der Waals surface area (Å²) in [7, 11) is 1.66. The van der Waals surface area contributed by atoms with Crippen LogP contribution >= 0.6 is 11.6 Å². The number of halogens is 1. The maximum Gasteiger partial charge on any atom is 0.257 e. The number of rotatable bonds is 7. The number of likely N-dealkylation sites (tertiary alicyclic amines) is 1. The second-order valence-electron chi connectivity index (χ2n) is 5.38. The molecular weight excluding hydrogens is 304 g/mol. The van der Waals surface area contributed by atoms with Crippen LogP contribution in [0.3, 0.4) is 0 Å². The highest BCUT2D eigenvalue weighted by atomic mass is 35.5. The van der Waals surface area contributed by atoms with E-state index in [9.17, 15) is 4.79 Å². The van der Waals surface area contributed by atoms with Crippen LogP contribution in [0.5, 0.6) is 5.75 Å². The molecule has 2 N–H and O–H groups in total. The second-order valence-corrected chi connectivity index (χ2v) is 5.82. The van der Waals surface area contributed by atoms with E-state index in [1.54, 1.807) is 25.3 Å². The Bertz CT molecular complexity index is 510. The number of carbonyl (C=O) groups excluding carboxylic acids is 1. The SMILES string of the molecule is COC[C@@H]1CCCN1C(=O)c1ccc(Cl)cc1OCCCN. The van der Waals surface area contributed by atoms with E-state index in [1.165, 1.54) is 0 Å². The lowest BCUT2D eigenvalue weighted by molar-refractivity contribution is 0.0626. The monoisotopic (exact) mass is 326 g/mol. The summed E-state index contributed by atoms with van der Waals surface area (Å²) in [5, 5.41) is 0.550. The van der Waals surface area contributed by atoms with Crippen LogP contribution in [0.25, 0.3) is 0 Å². The summed E-state index contributed by atoms with van der Waals surface area (Å²) >= 11 is 6.02. The maximum atomic E-state index is 12.8. The Morgan fingerprint density at radius 3 is 3.05 bits per heavy atom. The molecule has 0 saturated carbocycles. The summed E-state index contributed by atoms with van der Waals surface area (Å²) in [6.45, 7) is 2.32. The van der Waals surface area contributed by atoms with Crippen LogP contribution in [0.15, 0.2) is 18.2 Å². The highest BCUT2D eigenvalue weighted by Crippen LogP contribution is 2.28. The highest BCUT2D eigenvalue weighted by molar-refractivity contribution is 6.30. The first-order valence-electron chi connectivity index (χ1n) is 7.59. The van der Waals surface area contributed by atoms with Gasteiger partial charge in [0.1, 0.15) is 5.75 Å². The van der Waals surface area contributed by atoms with Crippen molar-refractivity contribution in [3.8, 4) is 5.75 Å². The molecule has 0 unspecified atom stereocenters. The molecule has 1 aromatic carbocycles. The van der Waals surface area contributed by atoms with Gasteiger partial charge in [-0.15, -0.1) is 0 Å². The topological polar surface area (TPSA) is 64.8 Å². The minimum Gasteiger partial charge on any atom is -0.493 e. The Morgan fingerprint density at radius 1 is 1.50 bits per heavy atom. The first-order chi connectivity index (χ1) is 10.7. The first kappa shape index (κ1) is 17.1. The Morgan fingerprint density at radius 2 is 2.32 bits per heavy atom. The van der Waals surface area contributed by atoms with E-state index >= 15 is 0 Å². The van der Waals surface area contributed by atoms with Crippen LogP contribution in [0.1, 0.15) is 29.6 Å². The van der Waals surface area contributed by atoms with E-state index in [1.807, 2.05) is 4.90 Å². The van der Waals surface area contributed by atoms with Crippen molar-refractivity contribution in [1.82, 2.24) is 4.90 Å². The van der Waals surface area contributed by atoms with Crippen LogP contribution in [0, 0.1) is 0 Å². The zero-order chi connectivity index (χ0) is 15.9. The molecule has 1 aliphatic rings. The van der Waals surface area contributed by atoms with Gasteiger partial charge in [-0.3, -0.25) is 4.79 Å². The molecule has 122 valence electrons. The number of amides is 1. The summed E-state index contributed by atoms with van der Waals surface area (Å²) in [6, 6.07) is 5.26. The predicted octanol–water partition coefficient (Wildman–Crippen LogP) is 2.32. The number of nitrogens with zero attached hydrogens (tertiary/aromatic N) is 1. The molecule has 1 amide bonds. The molecule has 1 aliphatic heterocycles. The molecule has 0 bridgehead atoms. The molecule has 1 heterocycles. The van der Waals surface area contributed by atoms with Gasteiger partial charge in [0.05, 0.1) is 24.8 Å². The minimum absolute atomic E-state index is 0.0287. The number of hydrogen-bond donors (Lipinski definition) is 1. The zero-order valence-electron chi connectivity index (χ0n) is 12.9. The molecule has 1 aromatic rings. The van der Waals surface area contributed by atoms with Crippen molar-refractivity contribution in [2.24, 2.45) is 5.73 Å². The van der Waals surface area contributed by atoms with Gasteiger partial charge in [0, 0.05) is 18.7 Å². The summed E-state index contributed by atoms with van der Waals surface area (Å²) in [6.07, 6.45) is 2.70. The third-order valence-corrected chi connectivity index (χ3v) is 4.01. The van der Waals surface area contributed by atoms with E-state index in [0.29, 0.717) is 36.1 Å². The smallest absolute Gasteiger partial charge is 0.257 e. The molecule has 1 fully saturated rings. The molecular formula is C16H23ClN2O3. The van der Waals surface area contributed by atoms with E-state index in [0.717, 1.165) is 25.8 Å². The standard InChI is InChI=1S/C16H23ClN2O3/c1-21-11-13-4-2-8-19(13)16(20)14-6-5-12(17)10-15(14)22-9-3-7-18/h5-6,10,13H,2-4,7-9,11,18H2,1H3/t13-/m0/s1. The third-order valence-electron chi connectivity index (χ3n) is 3.78. The van der Waals surface area contributed by atoms with Crippen molar-refractivity contribution in [3.63, 3.8) is 0 Å². The van der Waals surface area contributed by atoms with Crippen molar-refractivity contribution in [3.05, 3.63) is 28.8 Å². The summed E-state index contributed by atoms with van der Waals surface area (Å²) in [5.41, 5.74) is 6.02. The Labute approximate surface area is 136 Å². The lowest BCUT2D eigenvalue weighted by Crippen LogP contribution is -2.38. The lowest BCUT2D eigenvalue weighted by Gasteiger charge is -2.25. The number of ether oxygens (including phenoxy) is 2. The van der Waals surface area contributed by atoms with Crippen LogP contribution in [-0.4, -0.2) is 50.3 Å². The Kier molecular flexibility index (Phi) is 6.49. The van der Waals surface area contributed by atoms with Gasteiger partial charge in [0.25, 0.3) is 5.91 Å². The van der Waals surface area contributed by atoms with Crippen molar-refractivity contribution in [2.75, 3.05) is 33.4 Å². The minimum atomic E-state index is -0.0287. The van der Waals surface area contributed by atoms with Crippen molar-refractivity contribution in [1.29, 1.82) is 0 Å². The number of hydrogen-bond acceptors (Lipinski definition) is 4. The average Bonchev–Trinajstić information content (AvgIpc) is 2.96. The number of nitrogens with two attached hydrogens (primary N) is 1. The van der Waals surface area contributed by atoms with Crippen LogP contribution in [0.4, 0.5) is 0 Å². The molecule has 0 spiro atoms. The van der Waals surface area contributed by atoms with Crippen molar-refractivity contribution >= 4 is 17.5 Å². The van der Waals surface area contributed by atoms with Crippen LogP contribution in [0.2, 0.25) is 5.02 Å². The lowest BCUT2D eigenvalue weighted by atomic mass is 10.1. The van der Waals surface area contributed by atoms with E-state index in [4.69, 9.17) is 26.8 Å². The summed E-state index contributed by atoms with van der Waals surface area (Å²) in [4.78, 5) is 14.7. The first-order valence-corrected chi connectivity index (χ1v) is 7.97.